The molecule has 0 radical (unpaired) electrons. The monoisotopic (exact) mass is 385 g/mol. The first-order valence-electron chi connectivity index (χ1n) is 10.7. The number of rotatable bonds is 3. The van der Waals surface area contributed by atoms with Gasteiger partial charge >= 0.3 is 0 Å². The lowest BCUT2D eigenvalue weighted by molar-refractivity contribution is 0.197. The Bertz CT molecular complexity index is 789. The summed E-state index contributed by atoms with van der Waals surface area (Å²) in [4.78, 5) is 13.3. The fourth-order valence-electron chi connectivity index (χ4n) is 5.50. The Hall–Kier alpha value is -1.27. The van der Waals surface area contributed by atoms with Crippen molar-refractivity contribution in [3.63, 3.8) is 0 Å². The molecule has 3 aliphatic rings. The van der Waals surface area contributed by atoms with Gasteiger partial charge in [0, 0.05) is 43.0 Å². The standard InChI is InChI=1S/C21H31N5S/c22-18-7-4-8-21(18)9-12-25(13-10-21)20-24-15-17(19-23-11-14-26(19)20)27-16-5-2-1-3-6-16/h11,14-16,18H,1-10,12-13,22H2/t18-/m1/s1. The summed E-state index contributed by atoms with van der Waals surface area (Å²) in [6.45, 7) is 2.12. The molecule has 1 saturated heterocycles. The van der Waals surface area contributed by atoms with Crippen LogP contribution in [0, 0.1) is 5.41 Å². The number of thioether (sulfide) groups is 1. The van der Waals surface area contributed by atoms with Crippen molar-refractivity contribution < 1.29 is 0 Å². The summed E-state index contributed by atoms with van der Waals surface area (Å²) in [5.74, 6) is 1.05. The fourth-order valence-corrected chi connectivity index (χ4v) is 6.80. The van der Waals surface area contributed by atoms with Gasteiger partial charge in [0.1, 0.15) is 0 Å². The number of imidazole rings is 1. The third kappa shape index (κ3) is 3.25. The molecule has 5 rings (SSSR count). The average Bonchev–Trinajstić information content (AvgIpc) is 3.32. The summed E-state index contributed by atoms with van der Waals surface area (Å²) in [5, 5.41) is 0.727. The average molecular weight is 386 g/mol. The topological polar surface area (TPSA) is 59.5 Å². The number of fused-ring (bicyclic) bond motifs is 1. The zero-order chi connectivity index (χ0) is 18.3. The van der Waals surface area contributed by atoms with Crippen LogP contribution in [0.1, 0.15) is 64.2 Å². The van der Waals surface area contributed by atoms with Gasteiger partial charge in [0.2, 0.25) is 5.95 Å². The molecule has 27 heavy (non-hydrogen) atoms. The minimum Gasteiger partial charge on any atom is -0.342 e. The van der Waals surface area contributed by atoms with E-state index in [0.29, 0.717) is 11.5 Å². The summed E-state index contributed by atoms with van der Waals surface area (Å²) in [6, 6.07) is 0.398. The molecule has 3 fully saturated rings. The van der Waals surface area contributed by atoms with E-state index in [2.05, 4.69) is 26.7 Å². The minimum atomic E-state index is 0.390. The minimum absolute atomic E-state index is 0.390. The maximum atomic E-state index is 6.46. The van der Waals surface area contributed by atoms with Gasteiger partial charge in [0.15, 0.2) is 5.65 Å². The highest BCUT2D eigenvalue weighted by Gasteiger charge is 2.43. The summed E-state index contributed by atoms with van der Waals surface area (Å²) in [5.41, 5.74) is 7.93. The highest BCUT2D eigenvalue weighted by Crippen LogP contribution is 2.46. The number of anilines is 1. The number of nitrogens with zero attached hydrogens (tertiary/aromatic N) is 4. The lowest BCUT2D eigenvalue weighted by atomic mass is 9.74. The van der Waals surface area contributed by atoms with Crippen molar-refractivity contribution in [2.24, 2.45) is 11.1 Å². The fraction of sp³-hybridized carbons (Fsp3) is 0.714. The second kappa shape index (κ2) is 7.28. The predicted molar refractivity (Wildman–Crippen MR) is 111 cm³/mol. The molecule has 2 N–H and O–H groups in total. The van der Waals surface area contributed by atoms with Crippen molar-refractivity contribution in [3.8, 4) is 0 Å². The lowest BCUT2D eigenvalue weighted by Crippen LogP contribution is -2.47. The number of hydrogen-bond acceptors (Lipinski definition) is 5. The quantitative estimate of drug-likeness (QED) is 0.856. The first-order valence-corrected chi connectivity index (χ1v) is 11.6. The SMILES string of the molecule is N[C@@H]1CCCC12CCN(c1ncc(SC3CCCCC3)c3nccn13)CC2. The van der Waals surface area contributed by atoms with Crippen molar-refractivity contribution in [1.29, 1.82) is 0 Å². The molecule has 5 nitrogen and oxygen atoms in total. The molecule has 0 unspecified atom stereocenters. The molecule has 6 heteroatoms. The Morgan fingerprint density at radius 3 is 2.56 bits per heavy atom. The van der Waals surface area contributed by atoms with E-state index >= 15 is 0 Å². The molecule has 146 valence electrons. The first kappa shape index (κ1) is 17.8. The largest absolute Gasteiger partial charge is 0.342 e. The van der Waals surface area contributed by atoms with Gasteiger partial charge in [0.05, 0.1) is 4.90 Å². The van der Waals surface area contributed by atoms with E-state index in [4.69, 9.17) is 10.7 Å². The van der Waals surface area contributed by atoms with E-state index in [9.17, 15) is 0 Å². The van der Waals surface area contributed by atoms with Crippen molar-refractivity contribution in [3.05, 3.63) is 18.6 Å². The number of piperidine rings is 1. The summed E-state index contributed by atoms with van der Waals surface area (Å²) in [7, 11) is 0. The molecule has 2 saturated carbocycles. The zero-order valence-electron chi connectivity index (χ0n) is 16.1. The van der Waals surface area contributed by atoms with Gasteiger partial charge in [-0.05, 0) is 43.9 Å². The van der Waals surface area contributed by atoms with Crippen LogP contribution >= 0.6 is 11.8 Å². The number of nitrogens with two attached hydrogens (primary N) is 1. The molecule has 2 aromatic heterocycles. The molecule has 1 aliphatic heterocycles. The van der Waals surface area contributed by atoms with Gasteiger partial charge in [-0.2, -0.15) is 0 Å². The number of hydrogen-bond donors (Lipinski definition) is 1. The molecule has 0 aromatic carbocycles. The summed E-state index contributed by atoms with van der Waals surface area (Å²) >= 11 is 1.99. The van der Waals surface area contributed by atoms with Crippen LogP contribution in [0.2, 0.25) is 0 Å². The zero-order valence-corrected chi connectivity index (χ0v) is 17.0. The normalized spacial score (nSPS) is 26.3. The third-order valence-corrected chi connectivity index (χ3v) is 8.58. The smallest absolute Gasteiger partial charge is 0.211 e. The van der Waals surface area contributed by atoms with Crippen LogP contribution in [0.5, 0.6) is 0 Å². The molecular formula is C21H31N5S. The Morgan fingerprint density at radius 1 is 1.00 bits per heavy atom. The van der Waals surface area contributed by atoms with Crippen molar-refractivity contribution in [2.45, 2.75) is 80.4 Å². The second-order valence-electron chi connectivity index (χ2n) is 8.77. The third-order valence-electron chi connectivity index (χ3n) is 7.24. The summed E-state index contributed by atoms with van der Waals surface area (Å²) < 4.78 is 2.21. The van der Waals surface area contributed by atoms with Gasteiger partial charge in [0.25, 0.3) is 0 Å². The van der Waals surface area contributed by atoms with Crippen molar-refractivity contribution >= 4 is 23.4 Å². The maximum Gasteiger partial charge on any atom is 0.211 e. The second-order valence-corrected chi connectivity index (χ2v) is 10.1. The van der Waals surface area contributed by atoms with Crippen LogP contribution in [0.4, 0.5) is 5.95 Å². The van der Waals surface area contributed by atoms with E-state index < -0.39 is 0 Å². The Morgan fingerprint density at radius 2 is 1.81 bits per heavy atom. The van der Waals surface area contributed by atoms with E-state index in [1.165, 1.54) is 69.1 Å². The van der Waals surface area contributed by atoms with Gasteiger partial charge in [-0.3, -0.25) is 4.40 Å². The molecule has 0 bridgehead atoms. The van der Waals surface area contributed by atoms with Crippen LogP contribution in [0.15, 0.2) is 23.5 Å². The van der Waals surface area contributed by atoms with Gasteiger partial charge in [-0.1, -0.05) is 25.7 Å². The highest BCUT2D eigenvalue weighted by molar-refractivity contribution is 8.00. The highest BCUT2D eigenvalue weighted by atomic mass is 32.2. The molecule has 1 spiro atoms. The van der Waals surface area contributed by atoms with Crippen molar-refractivity contribution in [1.82, 2.24) is 14.4 Å². The lowest BCUT2D eigenvalue weighted by Gasteiger charge is -2.42. The van der Waals surface area contributed by atoms with E-state index in [0.717, 1.165) is 29.9 Å². The molecule has 2 aromatic rings. The Labute approximate surface area is 166 Å². The molecule has 1 atom stereocenters. The van der Waals surface area contributed by atoms with E-state index in [-0.39, 0.29) is 0 Å². The van der Waals surface area contributed by atoms with E-state index in [1.54, 1.807) is 0 Å². The molecule has 3 heterocycles. The predicted octanol–water partition coefficient (Wildman–Crippen LogP) is 4.25. The first-order chi connectivity index (χ1) is 13.3. The van der Waals surface area contributed by atoms with Crippen LogP contribution in [-0.2, 0) is 0 Å². The van der Waals surface area contributed by atoms with Gasteiger partial charge in [-0.15, -0.1) is 11.8 Å². The van der Waals surface area contributed by atoms with Crippen LogP contribution in [0.3, 0.4) is 0 Å². The Kier molecular flexibility index (Phi) is 4.80. The van der Waals surface area contributed by atoms with Crippen LogP contribution in [0.25, 0.3) is 5.65 Å². The maximum absolute atomic E-state index is 6.46. The van der Waals surface area contributed by atoms with Gasteiger partial charge in [-0.25, -0.2) is 9.97 Å². The molecule has 2 aliphatic carbocycles. The molecule has 0 amide bonds. The van der Waals surface area contributed by atoms with Crippen molar-refractivity contribution in [2.75, 3.05) is 18.0 Å². The number of aromatic nitrogens is 3. The van der Waals surface area contributed by atoms with Crippen LogP contribution < -0.4 is 10.6 Å². The Balaban J connectivity index is 1.36. The van der Waals surface area contributed by atoms with Crippen LogP contribution in [-0.4, -0.2) is 38.7 Å². The van der Waals surface area contributed by atoms with E-state index in [1.807, 2.05) is 18.0 Å². The van der Waals surface area contributed by atoms with Gasteiger partial charge < -0.3 is 10.6 Å². The molecular weight excluding hydrogens is 354 g/mol. The summed E-state index contributed by atoms with van der Waals surface area (Å²) in [6.07, 6.45) is 19.1.